The lowest BCUT2D eigenvalue weighted by Crippen LogP contribution is -2.63. The summed E-state index contributed by atoms with van der Waals surface area (Å²) in [6.45, 7) is 7.20. The topological polar surface area (TPSA) is 157 Å². The number of cyclic esters (lactones) is 1. The minimum Gasteiger partial charge on any atom is -0.495 e. The monoisotopic (exact) mass is 651 g/mol. The van der Waals surface area contributed by atoms with Gasteiger partial charge in [0.2, 0.25) is 5.91 Å². The molecule has 2 heterocycles. The van der Waals surface area contributed by atoms with Crippen molar-refractivity contribution in [1.82, 2.24) is 16.0 Å². The first kappa shape index (κ1) is 36.3. The van der Waals surface area contributed by atoms with Gasteiger partial charge in [-0.3, -0.25) is 14.9 Å². The van der Waals surface area contributed by atoms with Gasteiger partial charge >= 0.3 is 12.1 Å². The Bertz CT molecular complexity index is 1290. The normalized spacial score (nSPS) is 27.5. The Morgan fingerprint density at radius 1 is 1.27 bits per heavy atom. The predicted molar refractivity (Wildman–Crippen MR) is 168 cm³/mol. The molecule has 0 bridgehead atoms. The SMILES string of the molecule is CNC(=O)C[C@H](OC(=O)[C@@H](C)NC)[C@]1(C)OC1[C@H](C)[C@@H]1C[C@](O)([C@@H](/C=C/C=C(\C)Cc2ccc(Cl)c(OC)c2)OC)NC(=O)O1. The van der Waals surface area contributed by atoms with E-state index in [9.17, 15) is 19.5 Å². The van der Waals surface area contributed by atoms with Crippen molar-refractivity contribution in [1.29, 1.82) is 0 Å². The van der Waals surface area contributed by atoms with Gasteiger partial charge in [-0.1, -0.05) is 48.4 Å². The molecule has 4 N–H and O–H groups in total. The van der Waals surface area contributed by atoms with Gasteiger partial charge in [0.05, 0.1) is 24.7 Å². The third-order valence-corrected chi connectivity index (χ3v) is 8.78. The summed E-state index contributed by atoms with van der Waals surface area (Å²) in [7, 11) is 6.13. The van der Waals surface area contributed by atoms with Gasteiger partial charge in [0.15, 0.2) is 5.72 Å². The largest absolute Gasteiger partial charge is 0.495 e. The highest BCUT2D eigenvalue weighted by molar-refractivity contribution is 6.32. The number of alkyl carbamates (subject to hydrolysis) is 1. The van der Waals surface area contributed by atoms with Crippen LogP contribution in [0.5, 0.6) is 5.75 Å². The summed E-state index contributed by atoms with van der Waals surface area (Å²) in [6.07, 6.45) is 1.95. The van der Waals surface area contributed by atoms with Crippen LogP contribution in [0.25, 0.3) is 0 Å². The summed E-state index contributed by atoms with van der Waals surface area (Å²) in [4.78, 5) is 37.5. The zero-order valence-corrected chi connectivity index (χ0v) is 27.9. The Morgan fingerprint density at radius 2 is 1.98 bits per heavy atom. The fraction of sp³-hybridized carbons (Fsp3) is 0.594. The van der Waals surface area contributed by atoms with E-state index >= 15 is 0 Å². The number of amides is 2. The van der Waals surface area contributed by atoms with Crippen molar-refractivity contribution in [2.75, 3.05) is 28.3 Å². The summed E-state index contributed by atoms with van der Waals surface area (Å²) < 4.78 is 28.2. The molecule has 250 valence electrons. The molecule has 2 amide bonds. The van der Waals surface area contributed by atoms with Gasteiger partial charge in [0, 0.05) is 26.5 Å². The highest BCUT2D eigenvalue weighted by atomic mass is 35.5. The van der Waals surface area contributed by atoms with E-state index in [0.717, 1.165) is 11.1 Å². The summed E-state index contributed by atoms with van der Waals surface area (Å²) in [5.74, 6) is -0.673. The van der Waals surface area contributed by atoms with E-state index in [1.807, 2.05) is 32.1 Å². The van der Waals surface area contributed by atoms with Crippen molar-refractivity contribution in [2.45, 2.75) is 88.7 Å². The van der Waals surface area contributed by atoms with E-state index in [1.165, 1.54) is 14.2 Å². The number of likely N-dealkylation sites (N-methyl/N-ethyl adjacent to an activating group) is 1. The van der Waals surface area contributed by atoms with Crippen molar-refractivity contribution in [3.63, 3.8) is 0 Å². The number of methoxy groups -OCH3 is 2. The number of epoxide rings is 1. The average molecular weight is 652 g/mol. The zero-order chi connectivity index (χ0) is 33.5. The lowest BCUT2D eigenvalue weighted by Gasteiger charge is -2.42. The number of nitrogens with one attached hydrogen (secondary N) is 3. The summed E-state index contributed by atoms with van der Waals surface area (Å²) in [5.41, 5.74) is -0.749. The van der Waals surface area contributed by atoms with Crippen LogP contribution in [0.3, 0.4) is 0 Å². The highest BCUT2D eigenvalue weighted by Crippen LogP contribution is 2.48. The molecule has 8 atom stereocenters. The molecule has 1 aromatic carbocycles. The van der Waals surface area contributed by atoms with Crippen LogP contribution in [0.1, 0.15) is 46.1 Å². The first-order valence-corrected chi connectivity index (χ1v) is 15.3. The van der Waals surface area contributed by atoms with Gasteiger partial charge in [-0.25, -0.2) is 4.79 Å². The summed E-state index contributed by atoms with van der Waals surface area (Å²) in [6, 6.07) is 5.00. The lowest BCUT2D eigenvalue weighted by molar-refractivity contribution is -0.155. The lowest BCUT2D eigenvalue weighted by atomic mass is 9.83. The van der Waals surface area contributed by atoms with Crippen LogP contribution in [-0.4, -0.2) is 93.2 Å². The Kier molecular flexibility index (Phi) is 12.4. The average Bonchev–Trinajstić information content (AvgIpc) is 3.70. The van der Waals surface area contributed by atoms with Gasteiger partial charge in [0.25, 0.3) is 0 Å². The number of hydrogen-bond donors (Lipinski definition) is 4. The van der Waals surface area contributed by atoms with Crippen molar-refractivity contribution < 1.29 is 43.2 Å². The first-order chi connectivity index (χ1) is 21.2. The maximum atomic E-state index is 12.7. The van der Waals surface area contributed by atoms with E-state index in [2.05, 4.69) is 16.0 Å². The van der Waals surface area contributed by atoms with E-state index in [4.69, 9.17) is 35.3 Å². The van der Waals surface area contributed by atoms with Crippen LogP contribution in [0, 0.1) is 5.92 Å². The quantitative estimate of drug-likeness (QED) is 0.126. The Balaban J connectivity index is 1.72. The molecule has 13 heteroatoms. The summed E-state index contributed by atoms with van der Waals surface area (Å²) >= 11 is 6.13. The van der Waals surface area contributed by atoms with Crippen molar-refractivity contribution >= 4 is 29.6 Å². The number of hydrogen-bond acceptors (Lipinski definition) is 10. The van der Waals surface area contributed by atoms with E-state index < -0.39 is 59.8 Å². The number of aliphatic hydroxyl groups is 1. The van der Waals surface area contributed by atoms with Gasteiger partial charge in [-0.15, -0.1) is 0 Å². The van der Waals surface area contributed by atoms with Crippen molar-refractivity contribution in [2.24, 2.45) is 5.92 Å². The minimum absolute atomic E-state index is 0.0113. The maximum Gasteiger partial charge on any atom is 0.409 e. The molecule has 12 nitrogen and oxygen atoms in total. The van der Waals surface area contributed by atoms with Crippen LogP contribution < -0.4 is 20.7 Å². The van der Waals surface area contributed by atoms with Crippen molar-refractivity contribution in [3.8, 4) is 5.75 Å². The first-order valence-electron chi connectivity index (χ1n) is 14.9. The van der Waals surface area contributed by atoms with Crippen LogP contribution >= 0.6 is 11.6 Å². The molecule has 2 saturated heterocycles. The number of benzene rings is 1. The van der Waals surface area contributed by atoms with Crippen molar-refractivity contribution in [3.05, 3.63) is 52.6 Å². The number of carbonyl (C=O) groups is 3. The number of ether oxygens (including phenoxy) is 5. The smallest absolute Gasteiger partial charge is 0.409 e. The molecule has 0 saturated carbocycles. The van der Waals surface area contributed by atoms with Gasteiger partial charge in [0.1, 0.15) is 35.7 Å². The standard InChI is InChI=1S/C32H46ClN3O9/c1-18(14-21-12-13-22(33)23(15-21)41-7)10-9-11-25(42-8)32(40)17-24(43-30(39)36-32)19(2)28-31(4,45-28)26(16-27(37)35-6)44-29(38)20(3)34-5/h9-13,15,19-20,24-26,28,34,40H,14,16-17H2,1-8H3,(H,35,37)(H,36,39)/b11-9+,18-10+/t19-,20-,24+,25-,26+,28?,31+,32+/m1/s1. The zero-order valence-electron chi connectivity index (χ0n) is 27.1. The van der Waals surface area contributed by atoms with Crippen LogP contribution in [-0.2, 0) is 35.0 Å². The number of carbonyl (C=O) groups excluding carboxylic acids is 3. The van der Waals surface area contributed by atoms with Crippen LogP contribution in [0.4, 0.5) is 4.79 Å². The number of allylic oxidation sites excluding steroid dienone is 3. The maximum absolute atomic E-state index is 12.7. The Morgan fingerprint density at radius 3 is 2.60 bits per heavy atom. The third-order valence-electron chi connectivity index (χ3n) is 8.47. The molecular weight excluding hydrogens is 606 g/mol. The molecule has 2 aliphatic heterocycles. The Labute approximate surface area is 269 Å². The molecule has 0 aliphatic carbocycles. The van der Waals surface area contributed by atoms with Crippen LogP contribution in [0.15, 0.2) is 42.0 Å². The number of rotatable bonds is 15. The minimum atomic E-state index is -1.79. The second-order valence-corrected chi connectivity index (χ2v) is 12.2. The van der Waals surface area contributed by atoms with E-state index in [0.29, 0.717) is 17.2 Å². The summed E-state index contributed by atoms with van der Waals surface area (Å²) in [5, 5.41) is 20.0. The molecule has 1 aromatic rings. The molecular formula is C32H46ClN3O9. The molecule has 0 aromatic heterocycles. The van der Waals surface area contributed by atoms with Gasteiger partial charge in [-0.2, -0.15) is 0 Å². The molecule has 2 aliphatic rings. The fourth-order valence-electron chi connectivity index (χ4n) is 5.49. The second-order valence-electron chi connectivity index (χ2n) is 11.8. The van der Waals surface area contributed by atoms with Crippen LogP contribution in [0.2, 0.25) is 5.02 Å². The molecule has 45 heavy (non-hydrogen) atoms. The fourth-order valence-corrected chi connectivity index (χ4v) is 5.68. The van der Waals surface area contributed by atoms with Gasteiger partial charge in [-0.05, 0) is 51.9 Å². The van der Waals surface area contributed by atoms with E-state index in [-0.39, 0.29) is 18.7 Å². The molecule has 2 fully saturated rings. The molecule has 0 radical (unpaired) electrons. The number of halogens is 1. The highest BCUT2D eigenvalue weighted by Gasteiger charge is 2.64. The second kappa shape index (κ2) is 15.4. The Hall–Kier alpha value is -3.16. The third kappa shape index (κ3) is 8.98. The molecule has 0 spiro atoms. The van der Waals surface area contributed by atoms with E-state index in [1.54, 1.807) is 46.2 Å². The molecule has 1 unspecified atom stereocenters. The molecule has 3 rings (SSSR count). The van der Waals surface area contributed by atoms with Gasteiger partial charge < -0.3 is 39.4 Å². The predicted octanol–water partition coefficient (Wildman–Crippen LogP) is 3.05. The number of esters is 1.